The van der Waals surface area contributed by atoms with E-state index >= 15 is 0 Å². The van der Waals surface area contributed by atoms with Gasteiger partial charge in [-0.15, -0.1) is 10.2 Å². The third kappa shape index (κ3) is 3.73. The number of hydrogen-bond donors (Lipinski definition) is 2. The molecule has 4 aromatic heterocycles. The highest BCUT2D eigenvalue weighted by molar-refractivity contribution is 5.78. The molecule has 2 N–H and O–H groups in total. The van der Waals surface area contributed by atoms with Crippen LogP contribution in [0.1, 0.15) is 30.6 Å². The van der Waals surface area contributed by atoms with Crippen molar-refractivity contribution < 1.29 is 4.79 Å². The van der Waals surface area contributed by atoms with E-state index in [2.05, 4.69) is 37.4 Å². The van der Waals surface area contributed by atoms with Gasteiger partial charge in [-0.25, -0.2) is 9.97 Å². The summed E-state index contributed by atoms with van der Waals surface area (Å²) in [5.74, 6) is 0.433. The number of aryl methyl sites for hydroxylation is 1. The Morgan fingerprint density at radius 1 is 1.25 bits per heavy atom. The molecule has 0 saturated carbocycles. The molecule has 28 heavy (non-hydrogen) atoms. The average Bonchev–Trinajstić information content (AvgIpc) is 3.38. The van der Waals surface area contributed by atoms with Crippen molar-refractivity contribution in [3.05, 3.63) is 60.5 Å². The lowest BCUT2D eigenvalue weighted by molar-refractivity contribution is -0.120. The lowest BCUT2D eigenvalue weighted by atomic mass is 10.2. The van der Waals surface area contributed by atoms with Crippen LogP contribution in [0.4, 0.5) is 0 Å². The molecule has 9 nitrogen and oxygen atoms in total. The minimum absolute atomic E-state index is 0.122. The number of fused-ring (bicyclic) bond motifs is 1. The predicted octanol–water partition coefficient (Wildman–Crippen LogP) is 1.72. The molecule has 0 fully saturated rings. The van der Waals surface area contributed by atoms with Crippen molar-refractivity contribution in [1.29, 1.82) is 0 Å². The van der Waals surface area contributed by atoms with E-state index in [0.29, 0.717) is 18.0 Å². The number of carbonyl (C=O) groups is 1. The van der Waals surface area contributed by atoms with E-state index in [1.54, 1.807) is 24.9 Å². The highest BCUT2D eigenvalue weighted by Crippen LogP contribution is 2.20. The van der Waals surface area contributed by atoms with Crippen LogP contribution in [0.25, 0.3) is 16.9 Å². The van der Waals surface area contributed by atoms with Crippen LogP contribution in [0, 0.1) is 0 Å². The van der Waals surface area contributed by atoms with E-state index in [9.17, 15) is 4.79 Å². The van der Waals surface area contributed by atoms with Crippen LogP contribution in [-0.2, 0) is 24.2 Å². The summed E-state index contributed by atoms with van der Waals surface area (Å²) in [7, 11) is 0. The normalized spacial score (nSPS) is 11.0. The molecule has 0 saturated heterocycles. The van der Waals surface area contributed by atoms with Gasteiger partial charge in [0, 0.05) is 30.4 Å². The molecule has 0 aliphatic heterocycles. The zero-order valence-electron chi connectivity index (χ0n) is 15.5. The SMILES string of the molecule is CCCc1nc(-c2cccnc2)cn2c(CC(=O)NCc3cnc[nH]3)nnc12. The Kier molecular flexibility index (Phi) is 5.05. The number of rotatable bonds is 7. The topological polar surface area (TPSA) is 114 Å². The maximum atomic E-state index is 12.4. The van der Waals surface area contributed by atoms with Gasteiger partial charge in [0.25, 0.3) is 0 Å². The third-order valence-corrected chi connectivity index (χ3v) is 4.32. The zero-order chi connectivity index (χ0) is 19.3. The van der Waals surface area contributed by atoms with Gasteiger partial charge in [-0.3, -0.25) is 14.2 Å². The molecule has 9 heteroatoms. The smallest absolute Gasteiger partial charge is 0.228 e. The van der Waals surface area contributed by atoms with E-state index in [1.807, 2.05) is 22.7 Å². The van der Waals surface area contributed by atoms with Gasteiger partial charge < -0.3 is 10.3 Å². The maximum absolute atomic E-state index is 12.4. The lowest BCUT2D eigenvalue weighted by Gasteiger charge is -2.08. The first kappa shape index (κ1) is 17.8. The Bertz CT molecular complexity index is 1070. The van der Waals surface area contributed by atoms with Crippen LogP contribution < -0.4 is 5.32 Å². The second-order valence-electron chi connectivity index (χ2n) is 6.40. The molecule has 4 aromatic rings. The Hall–Kier alpha value is -3.62. The summed E-state index contributed by atoms with van der Waals surface area (Å²) in [6, 6.07) is 3.83. The van der Waals surface area contributed by atoms with Gasteiger partial charge in [0.2, 0.25) is 5.91 Å². The minimum atomic E-state index is -0.138. The summed E-state index contributed by atoms with van der Waals surface area (Å²) in [6.07, 6.45) is 10.5. The first-order valence-electron chi connectivity index (χ1n) is 9.12. The number of H-pyrrole nitrogens is 1. The van der Waals surface area contributed by atoms with Crippen LogP contribution in [0.3, 0.4) is 0 Å². The van der Waals surface area contributed by atoms with Crippen molar-refractivity contribution in [1.82, 2.24) is 39.9 Å². The van der Waals surface area contributed by atoms with Crippen molar-refractivity contribution >= 4 is 11.6 Å². The Balaban J connectivity index is 1.63. The van der Waals surface area contributed by atoms with Crippen molar-refractivity contribution in [2.24, 2.45) is 0 Å². The summed E-state index contributed by atoms with van der Waals surface area (Å²) in [5.41, 5.74) is 4.08. The van der Waals surface area contributed by atoms with Crippen molar-refractivity contribution in [2.45, 2.75) is 32.7 Å². The number of aromatic nitrogens is 7. The van der Waals surface area contributed by atoms with Gasteiger partial charge >= 0.3 is 0 Å². The van der Waals surface area contributed by atoms with Crippen LogP contribution in [0.15, 0.2) is 43.2 Å². The van der Waals surface area contributed by atoms with E-state index in [0.717, 1.165) is 35.5 Å². The van der Waals surface area contributed by atoms with Gasteiger partial charge in [-0.1, -0.05) is 13.3 Å². The number of aromatic amines is 1. The zero-order valence-corrected chi connectivity index (χ0v) is 15.5. The van der Waals surface area contributed by atoms with Crippen LogP contribution in [-0.4, -0.2) is 40.4 Å². The molecule has 0 spiro atoms. The summed E-state index contributed by atoms with van der Waals surface area (Å²) in [4.78, 5) is 28.2. The predicted molar refractivity (Wildman–Crippen MR) is 102 cm³/mol. The molecule has 0 unspecified atom stereocenters. The Morgan fingerprint density at radius 2 is 2.18 bits per heavy atom. The number of imidazole rings is 1. The molecule has 4 rings (SSSR count). The number of pyridine rings is 1. The largest absolute Gasteiger partial charge is 0.350 e. The molecule has 0 aliphatic carbocycles. The highest BCUT2D eigenvalue weighted by atomic mass is 16.1. The molecule has 4 heterocycles. The molecule has 142 valence electrons. The summed E-state index contributed by atoms with van der Waals surface area (Å²) in [6.45, 7) is 2.48. The number of nitrogens with one attached hydrogen (secondary N) is 2. The summed E-state index contributed by atoms with van der Waals surface area (Å²) in [5, 5.41) is 11.4. The molecule has 0 atom stereocenters. The minimum Gasteiger partial charge on any atom is -0.350 e. The molecule has 0 aromatic carbocycles. The number of nitrogens with zero attached hydrogens (tertiary/aromatic N) is 6. The fourth-order valence-corrected chi connectivity index (χ4v) is 2.96. The first-order chi connectivity index (χ1) is 13.7. The standard InChI is InChI=1S/C19H20N8O/c1-2-4-15-19-26-25-17(7-18(28)22-10-14-9-21-12-23-14)27(19)11-16(24-15)13-5-3-6-20-8-13/h3,5-6,8-9,11-12H,2,4,7,10H2,1H3,(H,21,23)(H,22,28). The summed E-state index contributed by atoms with van der Waals surface area (Å²) < 4.78 is 1.86. The van der Waals surface area contributed by atoms with E-state index < -0.39 is 0 Å². The average molecular weight is 376 g/mol. The molecular weight excluding hydrogens is 356 g/mol. The fraction of sp³-hybridized carbons (Fsp3) is 0.263. The molecule has 1 amide bonds. The van der Waals surface area contributed by atoms with Gasteiger partial charge in [0.1, 0.15) is 5.82 Å². The molecule has 0 bridgehead atoms. The second-order valence-corrected chi connectivity index (χ2v) is 6.40. The van der Waals surface area contributed by atoms with Crippen LogP contribution >= 0.6 is 0 Å². The van der Waals surface area contributed by atoms with E-state index in [4.69, 9.17) is 4.98 Å². The first-order valence-corrected chi connectivity index (χ1v) is 9.12. The van der Waals surface area contributed by atoms with E-state index in [1.165, 1.54) is 0 Å². The van der Waals surface area contributed by atoms with Crippen molar-refractivity contribution in [3.8, 4) is 11.3 Å². The summed E-state index contributed by atoms with van der Waals surface area (Å²) >= 11 is 0. The van der Waals surface area contributed by atoms with E-state index in [-0.39, 0.29) is 12.3 Å². The van der Waals surface area contributed by atoms with Gasteiger partial charge in [-0.2, -0.15) is 0 Å². The molecular formula is C19H20N8O. The van der Waals surface area contributed by atoms with Gasteiger partial charge in [-0.05, 0) is 18.6 Å². The Labute approximate surface area is 161 Å². The van der Waals surface area contributed by atoms with Crippen LogP contribution in [0.5, 0.6) is 0 Å². The third-order valence-electron chi connectivity index (χ3n) is 4.32. The van der Waals surface area contributed by atoms with Crippen molar-refractivity contribution in [3.63, 3.8) is 0 Å². The van der Waals surface area contributed by atoms with Gasteiger partial charge in [0.05, 0.1) is 36.4 Å². The quantitative estimate of drug-likeness (QED) is 0.508. The maximum Gasteiger partial charge on any atom is 0.228 e. The Morgan fingerprint density at radius 3 is 2.93 bits per heavy atom. The number of carbonyl (C=O) groups excluding carboxylic acids is 1. The lowest BCUT2D eigenvalue weighted by Crippen LogP contribution is -2.25. The van der Waals surface area contributed by atoms with Gasteiger partial charge in [0.15, 0.2) is 5.65 Å². The second kappa shape index (κ2) is 7.95. The van der Waals surface area contributed by atoms with Crippen molar-refractivity contribution in [2.75, 3.05) is 0 Å². The highest BCUT2D eigenvalue weighted by Gasteiger charge is 2.16. The fourth-order valence-electron chi connectivity index (χ4n) is 2.96. The monoisotopic (exact) mass is 376 g/mol. The molecule has 0 radical (unpaired) electrons. The molecule has 0 aliphatic rings. The van der Waals surface area contributed by atoms with Crippen LogP contribution in [0.2, 0.25) is 0 Å². The number of amides is 1. The number of hydrogen-bond acceptors (Lipinski definition) is 6.